The minimum atomic E-state index is -0.292. The Morgan fingerprint density at radius 1 is 0.909 bits per heavy atom. The molecule has 0 aliphatic carbocycles. The third-order valence-electron chi connectivity index (χ3n) is 3.37. The van der Waals surface area contributed by atoms with Crippen molar-refractivity contribution in [3.05, 3.63) is 78.1 Å². The van der Waals surface area contributed by atoms with Gasteiger partial charge in [-0.15, -0.1) is 0 Å². The van der Waals surface area contributed by atoms with Gasteiger partial charge in [-0.2, -0.15) is 0 Å². The maximum absolute atomic E-state index is 12.8. The molecule has 0 saturated carbocycles. The second-order valence-electron chi connectivity index (χ2n) is 5.00. The third kappa shape index (κ3) is 3.41. The first-order chi connectivity index (χ1) is 10.7. The average Bonchev–Trinajstić information content (AvgIpc) is 2.54. The molecule has 4 heteroatoms. The Hall–Kier alpha value is -2.88. The fourth-order valence-electron chi connectivity index (χ4n) is 2.23. The predicted molar refractivity (Wildman–Crippen MR) is 86.2 cm³/mol. The number of rotatable bonds is 3. The van der Waals surface area contributed by atoms with E-state index < -0.39 is 0 Å². The topological polar surface area (TPSA) is 41.1 Å². The highest BCUT2D eigenvalue weighted by atomic mass is 19.1. The number of carbonyl (C=O) groups excluding carboxylic acids is 1. The molecule has 3 rings (SSSR count). The van der Waals surface area contributed by atoms with Crippen LogP contribution in [0.2, 0.25) is 0 Å². The Kier molecular flexibility index (Phi) is 4.01. The number of carbonyl (C=O) groups is 1. The van der Waals surface area contributed by atoms with Crippen LogP contribution in [0.1, 0.15) is 5.56 Å². The normalized spacial score (nSPS) is 10.4. The largest absolute Gasteiger partial charge is 0.334 e. The smallest absolute Gasteiger partial charge is 0.319 e. The van der Waals surface area contributed by atoms with Gasteiger partial charge in [0.15, 0.2) is 0 Å². The van der Waals surface area contributed by atoms with Crippen molar-refractivity contribution in [3.8, 4) is 0 Å². The van der Waals surface area contributed by atoms with Gasteiger partial charge in [-0.3, -0.25) is 0 Å². The van der Waals surface area contributed by atoms with Gasteiger partial charge in [-0.25, -0.2) is 9.18 Å². The summed E-state index contributed by atoms with van der Waals surface area (Å²) in [5, 5.41) is 7.73. The van der Waals surface area contributed by atoms with Crippen LogP contribution in [0.15, 0.2) is 66.7 Å². The molecule has 0 bridgehead atoms. The van der Waals surface area contributed by atoms with Crippen molar-refractivity contribution in [2.24, 2.45) is 0 Å². The molecular formula is C18H15FN2O. The molecule has 0 fully saturated rings. The van der Waals surface area contributed by atoms with Crippen LogP contribution in [-0.4, -0.2) is 6.03 Å². The summed E-state index contributed by atoms with van der Waals surface area (Å²) in [4.78, 5) is 11.9. The van der Waals surface area contributed by atoms with Crippen molar-refractivity contribution in [1.29, 1.82) is 0 Å². The zero-order chi connectivity index (χ0) is 15.4. The van der Waals surface area contributed by atoms with E-state index in [0.29, 0.717) is 6.54 Å². The maximum Gasteiger partial charge on any atom is 0.319 e. The van der Waals surface area contributed by atoms with Crippen LogP contribution in [0.4, 0.5) is 14.9 Å². The van der Waals surface area contributed by atoms with Gasteiger partial charge in [0.1, 0.15) is 5.82 Å². The molecule has 22 heavy (non-hydrogen) atoms. The Balaban J connectivity index is 1.61. The lowest BCUT2D eigenvalue weighted by atomic mass is 10.1. The van der Waals surface area contributed by atoms with Crippen LogP contribution in [0.25, 0.3) is 10.8 Å². The lowest BCUT2D eigenvalue weighted by Crippen LogP contribution is -2.28. The van der Waals surface area contributed by atoms with Crippen LogP contribution in [0.5, 0.6) is 0 Å². The summed E-state index contributed by atoms with van der Waals surface area (Å²) in [6.45, 7) is 0.347. The van der Waals surface area contributed by atoms with Crippen molar-refractivity contribution in [1.82, 2.24) is 5.32 Å². The van der Waals surface area contributed by atoms with Crippen LogP contribution < -0.4 is 10.6 Å². The van der Waals surface area contributed by atoms with Crippen LogP contribution in [-0.2, 0) is 6.54 Å². The first kappa shape index (κ1) is 14.1. The monoisotopic (exact) mass is 294 g/mol. The number of nitrogens with one attached hydrogen (secondary N) is 2. The summed E-state index contributed by atoms with van der Waals surface area (Å²) in [5.41, 5.74) is 1.57. The molecule has 110 valence electrons. The van der Waals surface area contributed by atoms with Gasteiger partial charge in [-0.1, -0.05) is 42.5 Å². The summed E-state index contributed by atoms with van der Waals surface area (Å²) >= 11 is 0. The zero-order valence-corrected chi connectivity index (χ0v) is 11.8. The number of hydrogen-bond donors (Lipinski definition) is 2. The van der Waals surface area contributed by atoms with E-state index in [1.54, 1.807) is 12.1 Å². The maximum atomic E-state index is 12.8. The quantitative estimate of drug-likeness (QED) is 0.743. The molecule has 0 aliphatic heterocycles. The average molecular weight is 294 g/mol. The zero-order valence-electron chi connectivity index (χ0n) is 11.8. The highest BCUT2D eigenvalue weighted by Gasteiger charge is 2.03. The second kappa shape index (κ2) is 6.26. The number of anilines is 1. The molecule has 3 aromatic rings. The second-order valence-corrected chi connectivity index (χ2v) is 5.00. The van der Waals surface area contributed by atoms with E-state index in [4.69, 9.17) is 0 Å². The molecule has 0 radical (unpaired) electrons. The Morgan fingerprint density at radius 2 is 1.64 bits per heavy atom. The predicted octanol–water partition coefficient (Wildman–Crippen LogP) is 4.30. The Bertz CT molecular complexity index is 800. The molecule has 0 unspecified atom stereocenters. The molecule has 0 spiro atoms. The summed E-state index contributed by atoms with van der Waals surface area (Å²) in [7, 11) is 0. The number of urea groups is 1. The van der Waals surface area contributed by atoms with Gasteiger partial charge in [0.05, 0.1) is 0 Å². The standard InChI is InChI=1S/C18H15FN2O/c19-16-8-5-13(6-9-16)12-20-18(22)21-17-10-7-14-3-1-2-4-15(14)11-17/h1-11H,12H2,(H2,20,21,22). The molecule has 0 atom stereocenters. The fraction of sp³-hybridized carbons (Fsp3) is 0.0556. The summed E-state index contributed by atoms with van der Waals surface area (Å²) < 4.78 is 12.8. The minimum absolute atomic E-state index is 0.288. The number of benzene rings is 3. The van der Waals surface area contributed by atoms with Crippen LogP contribution >= 0.6 is 0 Å². The summed E-state index contributed by atoms with van der Waals surface area (Å²) in [6, 6.07) is 19.4. The molecule has 0 aliphatic rings. The number of fused-ring (bicyclic) bond motifs is 1. The molecule has 2 N–H and O–H groups in total. The first-order valence-electron chi connectivity index (χ1n) is 6.99. The van der Waals surface area contributed by atoms with Gasteiger partial charge in [0, 0.05) is 12.2 Å². The molecule has 0 heterocycles. The van der Waals surface area contributed by atoms with E-state index in [0.717, 1.165) is 22.0 Å². The van der Waals surface area contributed by atoms with Crippen molar-refractivity contribution >= 4 is 22.5 Å². The Morgan fingerprint density at radius 3 is 2.41 bits per heavy atom. The van der Waals surface area contributed by atoms with E-state index in [1.807, 2.05) is 42.5 Å². The van der Waals surface area contributed by atoms with E-state index in [-0.39, 0.29) is 11.8 Å². The SMILES string of the molecule is O=C(NCc1ccc(F)cc1)Nc1ccc2ccccc2c1. The van der Waals surface area contributed by atoms with Crippen LogP contribution in [0.3, 0.4) is 0 Å². The van der Waals surface area contributed by atoms with E-state index in [9.17, 15) is 9.18 Å². The van der Waals surface area contributed by atoms with Crippen LogP contribution in [0, 0.1) is 5.82 Å². The van der Waals surface area contributed by atoms with Gasteiger partial charge in [0.25, 0.3) is 0 Å². The van der Waals surface area contributed by atoms with E-state index in [1.165, 1.54) is 12.1 Å². The lowest BCUT2D eigenvalue weighted by Gasteiger charge is -2.08. The number of amides is 2. The van der Waals surface area contributed by atoms with Gasteiger partial charge in [0.2, 0.25) is 0 Å². The van der Waals surface area contributed by atoms with E-state index >= 15 is 0 Å². The van der Waals surface area contributed by atoms with Crippen molar-refractivity contribution in [2.75, 3.05) is 5.32 Å². The van der Waals surface area contributed by atoms with Crippen molar-refractivity contribution < 1.29 is 9.18 Å². The van der Waals surface area contributed by atoms with Crippen molar-refractivity contribution in [3.63, 3.8) is 0 Å². The molecule has 3 aromatic carbocycles. The number of hydrogen-bond acceptors (Lipinski definition) is 1. The minimum Gasteiger partial charge on any atom is -0.334 e. The number of halogens is 1. The molecule has 2 amide bonds. The third-order valence-corrected chi connectivity index (χ3v) is 3.37. The summed E-state index contributed by atoms with van der Waals surface area (Å²) in [6.07, 6.45) is 0. The van der Waals surface area contributed by atoms with Gasteiger partial charge < -0.3 is 10.6 Å². The fourth-order valence-corrected chi connectivity index (χ4v) is 2.23. The molecule has 3 nitrogen and oxygen atoms in total. The molecule has 0 saturated heterocycles. The van der Waals surface area contributed by atoms with Crippen molar-refractivity contribution in [2.45, 2.75) is 6.54 Å². The molecular weight excluding hydrogens is 279 g/mol. The van der Waals surface area contributed by atoms with Gasteiger partial charge in [-0.05, 0) is 40.6 Å². The summed E-state index contributed by atoms with van der Waals surface area (Å²) in [5.74, 6) is -0.288. The Labute approximate surface area is 127 Å². The van der Waals surface area contributed by atoms with E-state index in [2.05, 4.69) is 10.6 Å². The highest BCUT2D eigenvalue weighted by Crippen LogP contribution is 2.18. The van der Waals surface area contributed by atoms with Gasteiger partial charge >= 0.3 is 6.03 Å². The first-order valence-corrected chi connectivity index (χ1v) is 6.99. The lowest BCUT2D eigenvalue weighted by molar-refractivity contribution is 0.251. The highest BCUT2D eigenvalue weighted by molar-refractivity contribution is 5.93. The molecule has 0 aromatic heterocycles.